The largest absolute Gasteiger partial charge is 0.296 e. The smallest absolute Gasteiger partial charge is 0.137 e. The van der Waals surface area contributed by atoms with E-state index in [2.05, 4.69) is 21.5 Å². The summed E-state index contributed by atoms with van der Waals surface area (Å²) >= 11 is 0. The molecule has 2 rings (SSSR count). The molecule has 0 spiro atoms. The van der Waals surface area contributed by atoms with Crippen LogP contribution in [-0.4, -0.2) is 21.3 Å². The second-order valence-corrected chi connectivity index (χ2v) is 4.32. The van der Waals surface area contributed by atoms with E-state index < -0.39 is 5.54 Å². The number of hydrogen-bond acceptors (Lipinski definition) is 4. The molecule has 0 bridgehead atoms. The fourth-order valence-electron chi connectivity index (χ4n) is 2.15. The number of benzene rings is 1. The Morgan fingerprint density at radius 3 is 2.74 bits per heavy atom. The zero-order valence-electron chi connectivity index (χ0n) is 11.0. The van der Waals surface area contributed by atoms with Crippen LogP contribution in [-0.2, 0) is 12.1 Å². The van der Waals surface area contributed by atoms with Gasteiger partial charge >= 0.3 is 0 Å². The molecule has 0 saturated carbocycles. The summed E-state index contributed by atoms with van der Waals surface area (Å²) in [6, 6.07) is 12.2. The average molecular weight is 255 g/mol. The second-order valence-electron chi connectivity index (χ2n) is 4.32. The van der Waals surface area contributed by atoms with Crippen molar-refractivity contribution in [1.82, 2.24) is 20.1 Å². The molecule has 1 unspecified atom stereocenters. The van der Waals surface area contributed by atoms with Crippen LogP contribution in [0, 0.1) is 11.3 Å². The molecule has 0 aliphatic rings. The Morgan fingerprint density at radius 1 is 1.37 bits per heavy atom. The monoisotopic (exact) mass is 255 g/mol. The highest BCUT2D eigenvalue weighted by Gasteiger charge is 2.30. The average Bonchev–Trinajstić information content (AvgIpc) is 2.98. The van der Waals surface area contributed by atoms with Gasteiger partial charge in [-0.2, -0.15) is 10.4 Å². The number of nitrogens with zero attached hydrogens (tertiary/aromatic N) is 4. The summed E-state index contributed by atoms with van der Waals surface area (Å²) in [4.78, 5) is 3.92. The minimum Gasteiger partial charge on any atom is -0.296 e. The molecular formula is C14H17N5. The number of nitriles is 1. The van der Waals surface area contributed by atoms with Crippen molar-refractivity contribution >= 4 is 0 Å². The molecular weight excluding hydrogens is 238 g/mol. The van der Waals surface area contributed by atoms with Gasteiger partial charge in [0.05, 0.1) is 6.07 Å². The molecule has 0 saturated heterocycles. The first kappa shape index (κ1) is 13.2. The lowest BCUT2D eigenvalue weighted by Gasteiger charge is -2.28. The van der Waals surface area contributed by atoms with Crippen LogP contribution < -0.4 is 5.32 Å². The second kappa shape index (κ2) is 6.12. The summed E-state index contributed by atoms with van der Waals surface area (Å²) in [6.45, 7) is 3.39. The first-order valence-corrected chi connectivity index (χ1v) is 6.35. The molecule has 1 N–H and O–H groups in total. The molecule has 0 radical (unpaired) electrons. The van der Waals surface area contributed by atoms with Crippen molar-refractivity contribution in [2.75, 3.05) is 6.54 Å². The SMILES string of the molecule is CCNC(C#N)(CCn1cncn1)c1ccccc1. The van der Waals surface area contributed by atoms with Gasteiger partial charge in [0.2, 0.25) is 0 Å². The van der Waals surface area contributed by atoms with Crippen LogP contribution >= 0.6 is 0 Å². The highest BCUT2D eigenvalue weighted by Crippen LogP contribution is 2.24. The Bertz CT molecular complexity index is 529. The fraction of sp³-hybridized carbons (Fsp3) is 0.357. The van der Waals surface area contributed by atoms with Crippen LogP contribution in [0.4, 0.5) is 0 Å². The fourth-order valence-corrected chi connectivity index (χ4v) is 2.15. The van der Waals surface area contributed by atoms with Gasteiger partial charge in [-0.05, 0) is 12.1 Å². The number of nitrogens with one attached hydrogen (secondary N) is 1. The molecule has 1 heterocycles. The summed E-state index contributed by atoms with van der Waals surface area (Å²) in [5, 5.41) is 17.0. The number of hydrogen-bond donors (Lipinski definition) is 1. The lowest BCUT2D eigenvalue weighted by atomic mass is 9.88. The first-order chi connectivity index (χ1) is 9.30. The van der Waals surface area contributed by atoms with Crippen molar-refractivity contribution < 1.29 is 0 Å². The van der Waals surface area contributed by atoms with Gasteiger partial charge in [-0.1, -0.05) is 37.3 Å². The maximum Gasteiger partial charge on any atom is 0.137 e. The normalized spacial score (nSPS) is 13.7. The summed E-state index contributed by atoms with van der Waals surface area (Å²) in [6.07, 6.45) is 3.81. The number of aryl methyl sites for hydroxylation is 1. The summed E-state index contributed by atoms with van der Waals surface area (Å²) in [5.41, 5.74) is 0.307. The summed E-state index contributed by atoms with van der Waals surface area (Å²) in [7, 11) is 0. The van der Waals surface area contributed by atoms with Crippen molar-refractivity contribution in [2.24, 2.45) is 0 Å². The van der Waals surface area contributed by atoms with Gasteiger partial charge in [-0.3, -0.25) is 10.00 Å². The van der Waals surface area contributed by atoms with E-state index >= 15 is 0 Å². The molecule has 5 nitrogen and oxygen atoms in total. The van der Waals surface area contributed by atoms with E-state index in [9.17, 15) is 5.26 Å². The Labute approximate surface area is 112 Å². The van der Waals surface area contributed by atoms with Crippen LogP contribution in [0.5, 0.6) is 0 Å². The van der Waals surface area contributed by atoms with Gasteiger partial charge in [0.1, 0.15) is 18.2 Å². The van der Waals surface area contributed by atoms with E-state index in [-0.39, 0.29) is 0 Å². The Kier molecular flexibility index (Phi) is 4.26. The third kappa shape index (κ3) is 2.98. The van der Waals surface area contributed by atoms with Crippen LogP contribution in [0.1, 0.15) is 18.9 Å². The van der Waals surface area contributed by atoms with Crippen LogP contribution in [0.25, 0.3) is 0 Å². The van der Waals surface area contributed by atoms with Crippen molar-refractivity contribution in [2.45, 2.75) is 25.4 Å². The molecule has 98 valence electrons. The topological polar surface area (TPSA) is 66.5 Å². The predicted molar refractivity (Wildman–Crippen MR) is 72.0 cm³/mol. The Balaban J connectivity index is 2.22. The molecule has 0 amide bonds. The van der Waals surface area contributed by atoms with E-state index in [1.54, 1.807) is 11.0 Å². The zero-order chi connectivity index (χ0) is 13.6. The van der Waals surface area contributed by atoms with E-state index in [0.29, 0.717) is 13.0 Å². The lowest BCUT2D eigenvalue weighted by molar-refractivity contribution is 0.371. The lowest BCUT2D eigenvalue weighted by Crippen LogP contribution is -2.42. The van der Waals surface area contributed by atoms with Gasteiger partial charge in [0.15, 0.2) is 0 Å². The van der Waals surface area contributed by atoms with E-state index in [4.69, 9.17) is 0 Å². The minimum atomic E-state index is -0.679. The van der Waals surface area contributed by atoms with Gasteiger partial charge in [0, 0.05) is 13.0 Å². The van der Waals surface area contributed by atoms with Crippen molar-refractivity contribution in [3.63, 3.8) is 0 Å². The maximum atomic E-state index is 9.63. The summed E-state index contributed by atoms with van der Waals surface area (Å²) in [5.74, 6) is 0. The Hall–Kier alpha value is -2.19. The molecule has 0 aliphatic carbocycles. The van der Waals surface area contributed by atoms with Gasteiger partial charge < -0.3 is 0 Å². The van der Waals surface area contributed by atoms with Crippen LogP contribution in [0.2, 0.25) is 0 Å². The molecule has 0 aliphatic heterocycles. The van der Waals surface area contributed by atoms with Crippen LogP contribution in [0.15, 0.2) is 43.0 Å². The standard InChI is InChI=1S/C14H17N5/c1-2-17-14(10-15,13-6-4-3-5-7-13)8-9-19-12-16-11-18-19/h3-7,11-12,17H,2,8-9H2,1H3. The van der Waals surface area contributed by atoms with Crippen molar-refractivity contribution in [1.29, 1.82) is 5.26 Å². The minimum absolute atomic E-state index is 0.644. The third-order valence-electron chi connectivity index (χ3n) is 3.12. The third-order valence-corrected chi connectivity index (χ3v) is 3.12. The van der Waals surface area contributed by atoms with Crippen molar-refractivity contribution in [3.05, 3.63) is 48.5 Å². The molecule has 1 aromatic carbocycles. The first-order valence-electron chi connectivity index (χ1n) is 6.35. The van der Waals surface area contributed by atoms with E-state index in [1.807, 2.05) is 37.3 Å². The quantitative estimate of drug-likeness (QED) is 0.853. The molecule has 2 aromatic rings. The predicted octanol–water partition coefficient (Wildman–Crippen LogP) is 1.70. The molecule has 19 heavy (non-hydrogen) atoms. The molecule has 0 fully saturated rings. The van der Waals surface area contributed by atoms with Gasteiger partial charge in [0.25, 0.3) is 0 Å². The van der Waals surface area contributed by atoms with Crippen LogP contribution in [0.3, 0.4) is 0 Å². The number of rotatable bonds is 6. The number of aromatic nitrogens is 3. The summed E-state index contributed by atoms with van der Waals surface area (Å²) < 4.78 is 1.74. The van der Waals surface area contributed by atoms with E-state index in [0.717, 1.165) is 12.1 Å². The molecule has 1 aromatic heterocycles. The highest BCUT2D eigenvalue weighted by molar-refractivity contribution is 5.31. The highest BCUT2D eigenvalue weighted by atomic mass is 15.3. The zero-order valence-corrected chi connectivity index (χ0v) is 11.0. The molecule has 5 heteroatoms. The van der Waals surface area contributed by atoms with Gasteiger partial charge in [-0.15, -0.1) is 0 Å². The van der Waals surface area contributed by atoms with E-state index in [1.165, 1.54) is 6.33 Å². The Morgan fingerprint density at radius 2 is 2.16 bits per heavy atom. The van der Waals surface area contributed by atoms with Crippen molar-refractivity contribution in [3.8, 4) is 6.07 Å². The van der Waals surface area contributed by atoms with Gasteiger partial charge in [-0.25, -0.2) is 4.98 Å². The molecule has 1 atom stereocenters. The maximum absolute atomic E-state index is 9.63.